The first-order chi connectivity index (χ1) is 13.4. The van der Waals surface area contributed by atoms with Crippen molar-refractivity contribution in [2.75, 3.05) is 0 Å². The molecular weight excluding hydrogens is 491 g/mol. The molecule has 3 unspecified atom stereocenters. The number of aliphatic carboxylic acids is 1. The molecule has 1 fully saturated rings. The van der Waals surface area contributed by atoms with Gasteiger partial charge in [-0.25, -0.2) is 0 Å². The van der Waals surface area contributed by atoms with Gasteiger partial charge in [-0.1, -0.05) is 24.3 Å². The lowest BCUT2D eigenvalue weighted by Crippen LogP contribution is -2.20. The zero-order valence-corrected chi connectivity index (χ0v) is 18.8. The molecule has 7 heteroatoms. The summed E-state index contributed by atoms with van der Waals surface area (Å²) < 4.78 is 1.24. The number of aliphatic hydroxyl groups excluding tert-OH is 3. The lowest BCUT2D eigenvalue weighted by atomic mass is 9.89. The Bertz CT molecular complexity index is 672. The smallest absolute Gasteiger partial charge is 0.303 e. The molecule has 5 nitrogen and oxygen atoms in total. The van der Waals surface area contributed by atoms with Crippen molar-refractivity contribution >= 4 is 39.9 Å². The van der Waals surface area contributed by atoms with Crippen LogP contribution >= 0.6 is 33.9 Å². The van der Waals surface area contributed by atoms with Crippen molar-refractivity contribution in [3.05, 3.63) is 44.2 Å². The number of aryl methyl sites for hydroxylation is 1. The number of unbranched alkanes of at least 4 members (excludes halogenated alkanes) is 1. The molecule has 1 aliphatic carbocycles. The molecule has 0 saturated heterocycles. The van der Waals surface area contributed by atoms with E-state index in [9.17, 15) is 20.1 Å². The van der Waals surface area contributed by atoms with Crippen LogP contribution in [-0.2, 0) is 11.2 Å². The van der Waals surface area contributed by atoms with E-state index in [1.54, 1.807) is 17.4 Å². The highest BCUT2D eigenvalue weighted by Crippen LogP contribution is 2.36. The van der Waals surface area contributed by atoms with Gasteiger partial charge in [-0.3, -0.25) is 4.79 Å². The molecule has 0 amide bonds. The third kappa shape index (κ3) is 7.94. The van der Waals surface area contributed by atoms with Crippen LogP contribution in [-0.4, -0.2) is 44.7 Å². The maximum Gasteiger partial charge on any atom is 0.303 e. The van der Waals surface area contributed by atoms with Crippen LogP contribution in [0.5, 0.6) is 0 Å². The quantitative estimate of drug-likeness (QED) is 0.202. The average molecular weight is 520 g/mol. The van der Waals surface area contributed by atoms with Gasteiger partial charge in [0.05, 0.1) is 21.2 Å². The van der Waals surface area contributed by atoms with Gasteiger partial charge in [-0.2, -0.15) is 0 Å². The number of carboxylic acids is 1. The molecule has 5 atom stereocenters. The first-order valence-electron chi connectivity index (χ1n) is 9.70. The van der Waals surface area contributed by atoms with Gasteiger partial charge in [0.2, 0.25) is 0 Å². The van der Waals surface area contributed by atoms with Crippen molar-refractivity contribution in [1.82, 2.24) is 0 Å². The van der Waals surface area contributed by atoms with Crippen LogP contribution in [0.4, 0.5) is 0 Å². The number of thiophene rings is 1. The predicted octanol–water partition coefficient (Wildman–Crippen LogP) is 3.76. The van der Waals surface area contributed by atoms with Crippen molar-refractivity contribution < 1.29 is 25.2 Å². The molecule has 1 aromatic rings. The largest absolute Gasteiger partial charge is 0.481 e. The van der Waals surface area contributed by atoms with Gasteiger partial charge in [0, 0.05) is 23.6 Å². The van der Waals surface area contributed by atoms with Crippen LogP contribution in [0.25, 0.3) is 0 Å². The van der Waals surface area contributed by atoms with E-state index in [2.05, 4.69) is 34.7 Å². The fourth-order valence-electron chi connectivity index (χ4n) is 3.58. The first kappa shape index (κ1) is 23.5. The minimum absolute atomic E-state index is 0.0898. The van der Waals surface area contributed by atoms with Gasteiger partial charge in [-0.15, -0.1) is 11.3 Å². The summed E-state index contributed by atoms with van der Waals surface area (Å²) in [6.07, 6.45) is 9.62. The third-order valence-corrected chi connectivity index (χ3v) is 7.08. The minimum Gasteiger partial charge on any atom is -0.481 e. The van der Waals surface area contributed by atoms with Crippen molar-refractivity contribution in [3.8, 4) is 0 Å². The summed E-state index contributed by atoms with van der Waals surface area (Å²) in [5.74, 6) is -1.07. The maximum atomic E-state index is 10.5. The van der Waals surface area contributed by atoms with E-state index in [-0.39, 0.29) is 18.3 Å². The summed E-state index contributed by atoms with van der Waals surface area (Å²) in [4.78, 5) is 11.8. The topological polar surface area (TPSA) is 98.0 Å². The summed E-state index contributed by atoms with van der Waals surface area (Å²) in [7, 11) is 0. The summed E-state index contributed by atoms with van der Waals surface area (Å²) in [5, 5.41) is 39.4. The van der Waals surface area contributed by atoms with Crippen molar-refractivity contribution in [2.45, 2.75) is 63.3 Å². The van der Waals surface area contributed by atoms with E-state index in [1.165, 1.54) is 7.76 Å². The van der Waals surface area contributed by atoms with Crippen LogP contribution in [0.15, 0.2) is 36.4 Å². The number of carbonyl (C=O) groups is 1. The lowest BCUT2D eigenvalue weighted by Gasteiger charge is -2.19. The number of halogens is 1. The number of rotatable bonds is 11. The van der Waals surface area contributed by atoms with Crippen molar-refractivity contribution in [3.63, 3.8) is 0 Å². The van der Waals surface area contributed by atoms with Gasteiger partial charge in [0.15, 0.2) is 0 Å². The highest BCUT2D eigenvalue weighted by molar-refractivity contribution is 14.1. The molecular formula is C21H29IO5S. The second kappa shape index (κ2) is 12.1. The monoisotopic (exact) mass is 520 g/mol. The third-order valence-electron chi connectivity index (χ3n) is 5.12. The predicted molar refractivity (Wildman–Crippen MR) is 119 cm³/mol. The van der Waals surface area contributed by atoms with E-state index < -0.39 is 24.3 Å². The Morgan fingerprint density at radius 2 is 2.07 bits per heavy atom. The molecule has 1 aliphatic rings. The molecule has 0 aromatic carbocycles. The van der Waals surface area contributed by atoms with Crippen LogP contribution < -0.4 is 0 Å². The molecule has 28 heavy (non-hydrogen) atoms. The van der Waals surface area contributed by atoms with Gasteiger partial charge in [0.25, 0.3) is 0 Å². The van der Waals surface area contributed by atoms with E-state index in [4.69, 9.17) is 5.11 Å². The summed E-state index contributed by atoms with van der Waals surface area (Å²) in [5.41, 5.74) is 0. The Labute approximate surface area is 183 Å². The molecule has 0 spiro atoms. The van der Waals surface area contributed by atoms with E-state index >= 15 is 0 Å². The Hall–Kier alpha value is -0.740. The van der Waals surface area contributed by atoms with E-state index in [1.807, 2.05) is 18.2 Å². The molecule has 0 radical (unpaired) electrons. The molecule has 1 aromatic heterocycles. The maximum absolute atomic E-state index is 10.5. The van der Waals surface area contributed by atoms with Gasteiger partial charge in [-0.05, 0) is 72.7 Å². The standard InChI is InChI=1S/C21H29IO5S/c22-20-12-10-15(28-20)9-7-14(23)8-11-17-16(18(24)13-19(17)25)5-3-1-2-4-6-21(26)27/h1,3,8,10-12,14,16-19,23-25H,2,4-7,9,13H2,(H,26,27)/t14?,16-,17-,18?,19?/m1/s1. The zero-order valence-electron chi connectivity index (χ0n) is 15.8. The van der Waals surface area contributed by atoms with Crippen LogP contribution in [0.3, 0.4) is 0 Å². The molecule has 2 rings (SSSR count). The van der Waals surface area contributed by atoms with Crippen LogP contribution in [0.1, 0.15) is 43.4 Å². The summed E-state index contributed by atoms with van der Waals surface area (Å²) in [6.45, 7) is 0. The molecule has 156 valence electrons. The minimum atomic E-state index is -0.791. The fourth-order valence-corrected chi connectivity index (χ4v) is 5.35. The van der Waals surface area contributed by atoms with Crippen LogP contribution in [0.2, 0.25) is 0 Å². The Balaban J connectivity index is 1.81. The SMILES string of the molecule is O=C(O)CCCC=CC[C@H]1C(O)CC(O)[C@@H]1C=CC(O)CCc1ccc(I)s1. The van der Waals surface area contributed by atoms with E-state index in [0.717, 1.165) is 6.42 Å². The zero-order chi connectivity index (χ0) is 20.5. The second-order valence-electron chi connectivity index (χ2n) is 7.30. The highest BCUT2D eigenvalue weighted by atomic mass is 127. The van der Waals surface area contributed by atoms with Gasteiger partial charge in [0.1, 0.15) is 0 Å². The summed E-state index contributed by atoms with van der Waals surface area (Å²) >= 11 is 4.01. The lowest BCUT2D eigenvalue weighted by molar-refractivity contribution is -0.137. The highest BCUT2D eigenvalue weighted by Gasteiger charge is 2.39. The molecule has 1 saturated carbocycles. The van der Waals surface area contributed by atoms with Crippen molar-refractivity contribution in [1.29, 1.82) is 0 Å². The number of carboxylic acid groups (broad SMARTS) is 1. The Morgan fingerprint density at radius 3 is 2.75 bits per heavy atom. The average Bonchev–Trinajstić information content (AvgIpc) is 3.16. The number of aliphatic hydroxyl groups is 3. The number of hydrogen-bond acceptors (Lipinski definition) is 5. The Kier molecular flexibility index (Phi) is 10.1. The summed E-state index contributed by atoms with van der Waals surface area (Å²) in [6, 6.07) is 4.15. The molecule has 0 aliphatic heterocycles. The van der Waals surface area contributed by atoms with Crippen LogP contribution in [0, 0.1) is 14.7 Å². The second-order valence-corrected chi connectivity index (χ2v) is 10.4. The normalized spacial score (nSPS) is 26.4. The Morgan fingerprint density at radius 1 is 1.29 bits per heavy atom. The molecule has 4 N–H and O–H groups in total. The van der Waals surface area contributed by atoms with Gasteiger partial charge >= 0.3 is 5.97 Å². The van der Waals surface area contributed by atoms with Crippen molar-refractivity contribution in [2.24, 2.45) is 11.8 Å². The number of allylic oxidation sites excluding steroid dienone is 2. The molecule has 1 heterocycles. The van der Waals surface area contributed by atoms with E-state index in [0.29, 0.717) is 32.1 Å². The first-order valence-corrected chi connectivity index (χ1v) is 11.6. The number of hydrogen-bond donors (Lipinski definition) is 4. The fraction of sp³-hybridized carbons (Fsp3) is 0.571. The van der Waals surface area contributed by atoms with Gasteiger partial charge < -0.3 is 20.4 Å². The molecule has 0 bridgehead atoms.